The number of nitrogens with zero attached hydrogens (tertiary/aromatic N) is 1. The molecule has 1 unspecified atom stereocenters. The summed E-state index contributed by atoms with van der Waals surface area (Å²) in [5.74, 6) is 0.936. The van der Waals surface area contributed by atoms with Crippen molar-refractivity contribution in [3.63, 3.8) is 0 Å². The average Bonchev–Trinajstić information content (AvgIpc) is 2.62. The summed E-state index contributed by atoms with van der Waals surface area (Å²) in [6.45, 7) is 6.92. The third-order valence-corrected chi connectivity index (χ3v) is 3.78. The summed E-state index contributed by atoms with van der Waals surface area (Å²) in [7, 11) is 1.71. The lowest BCUT2D eigenvalue weighted by Gasteiger charge is -2.26. The number of hydrogen-bond acceptors (Lipinski definition) is 3. The Morgan fingerprint density at radius 2 is 2.06 bits per heavy atom. The maximum Gasteiger partial charge on any atom is 0.118 e. The highest BCUT2D eigenvalue weighted by Gasteiger charge is 2.15. The molecular weight excluding hydrogens is 224 g/mol. The van der Waals surface area contributed by atoms with Gasteiger partial charge in [-0.2, -0.15) is 0 Å². The summed E-state index contributed by atoms with van der Waals surface area (Å²) < 4.78 is 5.18. The Morgan fingerprint density at radius 3 is 2.78 bits per heavy atom. The summed E-state index contributed by atoms with van der Waals surface area (Å²) >= 11 is 0. The quantitative estimate of drug-likeness (QED) is 0.881. The van der Waals surface area contributed by atoms with E-state index in [0.717, 1.165) is 38.3 Å². The molecule has 2 rings (SSSR count). The van der Waals surface area contributed by atoms with Crippen molar-refractivity contribution in [3.8, 4) is 5.75 Å². The fourth-order valence-corrected chi connectivity index (χ4v) is 2.46. The smallest absolute Gasteiger partial charge is 0.118 e. The largest absolute Gasteiger partial charge is 0.497 e. The predicted octanol–water partition coefficient (Wildman–Crippen LogP) is 1.92. The number of rotatable bonds is 4. The number of benzene rings is 1. The number of hydrogen-bond donors (Lipinski definition) is 1. The third kappa shape index (κ3) is 3.72. The van der Waals surface area contributed by atoms with Crippen LogP contribution in [0.4, 0.5) is 0 Å². The van der Waals surface area contributed by atoms with Crippen LogP contribution in [0, 0.1) is 0 Å². The molecule has 1 aliphatic rings. The van der Waals surface area contributed by atoms with Gasteiger partial charge in [0.15, 0.2) is 0 Å². The predicted molar refractivity (Wildman–Crippen MR) is 75.2 cm³/mol. The minimum atomic E-state index is 0.693. The minimum Gasteiger partial charge on any atom is -0.497 e. The Hall–Kier alpha value is -1.06. The normalized spacial score (nSPS) is 21.6. The van der Waals surface area contributed by atoms with Crippen LogP contribution < -0.4 is 10.1 Å². The third-order valence-electron chi connectivity index (χ3n) is 3.78. The second-order valence-electron chi connectivity index (χ2n) is 5.02. The topological polar surface area (TPSA) is 24.5 Å². The SMILES string of the molecule is COc1ccc(CCN2CCNCCC2C)cc1. The van der Waals surface area contributed by atoms with Crippen molar-refractivity contribution in [2.75, 3.05) is 33.3 Å². The van der Waals surface area contributed by atoms with Crippen molar-refractivity contribution >= 4 is 0 Å². The summed E-state index contributed by atoms with van der Waals surface area (Å²) in [4.78, 5) is 2.59. The number of ether oxygens (including phenoxy) is 1. The second kappa shape index (κ2) is 6.76. The van der Waals surface area contributed by atoms with Gasteiger partial charge in [0.25, 0.3) is 0 Å². The molecule has 3 nitrogen and oxygen atoms in total. The molecule has 1 saturated heterocycles. The molecule has 0 amide bonds. The summed E-state index contributed by atoms with van der Waals surface area (Å²) in [6.07, 6.45) is 2.37. The molecule has 1 fully saturated rings. The van der Waals surface area contributed by atoms with Gasteiger partial charge in [-0.1, -0.05) is 12.1 Å². The molecule has 1 heterocycles. The van der Waals surface area contributed by atoms with E-state index in [0.29, 0.717) is 6.04 Å². The first-order chi connectivity index (χ1) is 8.79. The highest BCUT2D eigenvalue weighted by molar-refractivity contribution is 5.27. The highest BCUT2D eigenvalue weighted by Crippen LogP contribution is 2.13. The molecule has 1 N–H and O–H groups in total. The second-order valence-corrected chi connectivity index (χ2v) is 5.02. The zero-order chi connectivity index (χ0) is 12.8. The Kier molecular flexibility index (Phi) is 5.02. The standard InChI is InChI=1S/C15H24N2O/c1-13-7-9-16-10-12-17(13)11-8-14-3-5-15(18-2)6-4-14/h3-6,13,16H,7-12H2,1-2H3. The van der Waals surface area contributed by atoms with Crippen LogP contribution in [0.2, 0.25) is 0 Å². The van der Waals surface area contributed by atoms with Gasteiger partial charge in [0.05, 0.1) is 7.11 Å². The molecule has 0 aliphatic carbocycles. The van der Waals surface area contributed by atoms with Crippen LogP contribution >= 0.6 is 0 Å². The Labute approximate surface area is 110 Å². The fraction of sp³-hybridized carbons (Fsp3) is 0.600. The van der Waals surface area contributed by atoms with Gasteiger partial charge in [-0.25, -0.2) is 0 Å². The zero-order valence-corrected chi connectivity index (χ0v) is 11.5. The van der Waals surface area contributed by atoms with Crippen molar-refractivity contribution in [2.24, 2.45) is 0 Å². The molecular formula is C15H24N2O. The molecule has 18 heavy (non-hydrogen) atoms. The van der Waals surface area contributed by atoms with Crippen LogP contribution in [0.3, 0.4) is 0 Å². The summed E-state index contributed by atoms with van der Waals surface area (Å²) in [5.41, 5.74) is 1.39. The number of methoxy groups -OCH3 is 1. The van der Waals surface area contributed by atoms with E-state index in [-0.39, 0.29) is 0 Å². The van der Waals surface area contributed by atoms with E-state index in [1.807, 2.05) is 12.1 Å². The van der Waals surface area contributed by atoms with E-state index in [1.54, 1.807) is 7.11 Å². The van der Waals surface area contributed by atoms with Gasteiger partial charge in [-0.05, 0) is 44.0 Å². The molecule has 1 aliphatic heterocycles. The zero-order valence-electron chi connectivity index (χ0n) is 11.5. The Balaban J connectivity index is 1.85. The lowest BCUT2D eigenvalue weighted by Crippen LogP contribution is -2.35. The van der Waals surface area contributed by atoms with Gasteiger partial charge < -0.3 is 10.1 Å². The lowest BCUT2D eigenvalue weighted by molar-refractivity contribution is 0.223. The van der Waals surface area contributed by atoms with Crippen LogP contribution in [0.5, 0.6) is 5.75 Å². The van der Waals surface area contributed by atoms with E-state index >= 15 is 0 Å². The van der Waals surface area contributed by atoms with Gasteiger partial charge in [0.1, 0.15) is 5.75 Å². The van der Waals surface area contributed by atoms with E-state index < -0.39 is 0 Å². The molecule has 0 radical (unpaired) electrons. The summed E-state index contributed by atoms with van der Waals surface area (Å²) in [5, 5.41) is 3.46. The Bertz CT molecular complexity index is 350. The summed E-state index contributed by atoms with van der Waals surface area (Å²) in [6, 6.07) is 9.11. The van der Waals surface area contributed by atoms with Crippen LogP contribution in [-0.2, 0) is 6.42 Å². The first-order valence-electron chi connectivity index (χ1n) is 6.87. The van der Waals surface area contributed by atoms with Gasteiger partial charge in [-0.3, -0.25) is 4.90 Å². The van der Waals surface area contributed by atoms with Crippen LogP contribution in [-0.4, -0.2) is 44.2 Å². The fourth-order valence-electron chi connectivity index (χ4n) is 2.46. The van der Waals surface area contributed by atoms with Crippen LogP contribution in [0.25, 0.3) is 0 Å². The average molecular weight is 248 g/mol. The van der Waals surface area contributed by atoms with Crippen molar-refractivity contribution in [1.82, 2.24) is 10.2 Å². The molecule has 3 heteroatoms. The van der Waals surface area contributed by atoms with Crippen molar-refractivity contribution in [1.29, 1.82) is 0 Å². The maximum absolute atomic E-state index is 5.18. The maximum atomic E-state index is 5.18. The van der Waals surface area contributed by atoms with Gasteiger partial charge >= 0.3 is 0 Å². The van der Waals surface area contributed by atoms with Gasteiger partial charge in [-0.15, -0.1) is 0 Å². The van der Waals surface area contributed by atoms with Gasteiger partial charge in [0.2, 0.25) is 0 Å². The lowest BCUT2D eigenvalue weighted by atomic mass is 10.1. The molecule has 0 aromatic heterocycles. The van der Waals surface area contributed by atoms with Crippen LogP contribution in [0.15, 0.2) is 24.3 Å². The van der Waals surface area contributed by atoms with Crippen molar-refractivity contribution in [3.05, 3.63) is 29.8 Å². The van der Waals surface area contributed by atoms with E-state index in [1.165, 1.54) is 12.0 Å². The first-order valence-corrected chi connectivity index (χ1v) is 6.87. The van der Waals surface area contributed by atoms with Crippen molar-refractivity contribution in [2.45, 2.75) is 25.8 Å². The van der Waals surface area contributed by atoms with Crippen molar-refractivity contribution < 1.29 is 4.74 Å². The highest BCUT2D eigenvalue weighted by atomic mass is 16.5. The van der Waals surface area contributed by atoms with E-state index in [9.17, 15) is 0 Å². The van der Waals surface area contributed by atoms with E-state index in [4.69, 9.17) is 4.74 Å². The molecule has 1 aromatic carbocycles. The Morgan fingerprint density at radius 1 is 1.28 bits per heavy atom. The van der Waals surface area contributed by atoms with E-state index in [2.05, 4.69) is 29.3 Å². The number of nitrogens with one attached hydrogen (secondary N) is 1. The molecule has 1 atom stereocenters. The monoisotopic (exact) mass is 248 g/mol. The van der Waals surface area contributed by atoms with Crippen LogP contribution in [0.1, 0.15) is 18.9 Å². The first kappa shape index (κ1) is 13.4. The molecule has 0 spiro atoms. The van der Waals surface area contributed by atoms with Gasteiger partial charge in [0, 0.05) is 25.7 Å². The molecule has 0 saturated carbocycles. The molecule has 1 aromatic rings. The molecule has 100 valence electrons. The minimum absolute atomic E-state index is 0.693. The molecule has 0 bridgehead atoms.